The lowest BCUT2D eigenvalue weighted by molar-refractivity contribution is -0.137. The van der Waals surface area contributed by atoms with Gasteiger partial charge in [-0.25, -0.2) is 0 Å². The Kier molecular flexibility index (Phi) is 4.69. The van der Waals surface area contributed by atoms with Crippen molar-refractivity contribution in [2.75, 3.05) is 0 Å². The van der Waals surface area contributed by atoms with Gasteiger partial charge in [-0.2, -0.15) is 13.2 Å². The lowest BCUT2D eigenvalue weighted by Gasteiger charge is -2.40. The lowest BCUT2D eigenvalue weighted by atomic mass is 9.78. The van der Waals surface area contributed by atoms with Crippen LogP contribution in [0.1, 0.15) is 49.7 Å². The topological polar surface area (TPSA) is 74.0 Å². The van der Waals surface area contributed by atoms with Gasteiger partial charge in [0, 0.05) is 17.3 Å². The fourth-order valence-electron chi connectivity index (χ4n) is 3.45. The summed E-state index contributed by atoms with van der Waals surface area (Å²) in [6.07, 6.45) is -3.61. The number of fused-ring (bicyclic) bond motifs is 1. The third-order valence-corrected chi connectivity index (χ3v) is 4.85. The highest BCUT2D eigenvalue weighted by atomic mass is 19.4. The Morgan fingerprint density at radius 3 is 2.52 bits per heavy atom. The van der Waals surface area contributed by atoms with Crippen molar-refractivity contribution >= 4 is 22.7 Å². The first-order chi connectivity index (χ1) is 12.4. The quantitative estimate of drug-likeness (QED) is 0.744. The van der Waals surface area contributed by atoms with Gasteiger partial charge in [0.25, 0.3) is 5.91 Å². The number of hydrogen-bond acceptors (Lipinski definition) is 2. The molecule has 1 aromatic heterocycles. The molecule has 1 fully saturated rings. The zero-order valence-corrected chi connectivity index (χ0v) is 15.3. The van der Waals surface area contributed by atoms with Gasteiger partial charge >= 0.3 is 6.18 Å². The van der Waals surface area contributed by atoms with Gasteiger partial charge in [-0.15, -0.1) is 0 Å². The number of piperidine rings is 1. The Bertz CT molecular complexity index is 880. The van der Waals surface area contributed by atoms with Crippen LogP contribution in [0.5, 0.6) is 0 Å². The number of halogens is 3. The van der Waals surface area contributed by atoms with Gasteiger partial charge in [-0.05, 0) is 30.0 Å². The predicted octanol–water partition coefficient (Wildman–Crippen LogP) is 3.61. The van der Waals surface area contributed by atoms with E-state index in [0.717, 1.165) is 12.1 Å². The van der Waals surface area contributed by atoms with Gasteiger partial charge in [-0.3, -0.25) is 9.59 Å². The number of carbonyl (C=O) groups is 2. The number of H-pyrrole nitrogens is 1. The Morgan fingerprint density at radius 1 is 1.19 bits per heavy atom. The molecule has 0 spiro atoms. The molecule has 0 saturated carbocycles. The van der Waals surface area contributed by atoms with E-state index in [9.17, 15) is 22.8 Å². The second kappa shape index (κ2) is 6.58. The van der Waals surface area contributed by atoms with Crippen molar-refractivity contribution in [2.24, 2.45) is 5.41 Å². The van der Waals surface area contributed by atoms with Crippen molar-refractivity contribution < 1.29 is 22.8 Å². The minimum absolute atomic E-state index is 0.0503. The number of nitrogens with one attached hydrogen (secondary N) is 3. The van der Waals surface area contributed by atoms with E-state index < -0.39 is 17.6 Å². The van der Waals surface area contributed by atoms with Gasteiger partial charge in [0.05, 0.1) is 17.6 Å². The van der Waals surface area contributed by atoms with Crippen LogP contribution in [0.4, 0.5) is 13.2 Å². The second-order valence-corrected chi connectivity index (χ2v) is 8.01. The van der Waals surface area contributed by atoms with Gasteiger partial charge < -0.3 is 15.6 Å². The van der Waals surface area contributed by atoms with Crippen LogP contribution in [0, 0.1) is 5.41 Å². The van der Waals surface area contributed by atoms with E-state index in [1.807, 2.05) is 20.8 Å². The average Bonchev–Trinajstić information content (AvgIpc) is 2.98. The van der Waals surface area contributed by atoms with E-state index >= 15 is 0 Å². The summed E-state index contributed by atoms with van der Waals surface area (Å²) in [5.74, 6) is -0.458. The number of hydrogen-bond donors (Lipinski definition) is 3. The van der Waals surface area contributed by atoms with Crippen molar-refractivity contribution in [1.29, 1.82) is 0 Å². The maximum Gasteiger partial charge on any atom is 0.416 e. The molecule has 5 nitrogen and oxygen atoms in total. The predicted molar refractivity (Wildman–Crippen MR) is 95.2 cm³/mol. The second-order valence-electron chi connectivity index (χ2n) is 8.01. The number of amides is 2. The monoisotopic (exact) mass is 381 g/mol. The summed E-state index contributed by atoms with van der Waals surface area (Å²) in [4.78, 5) is 27.1. The minimum Gasteiger partial charge on any atom is -0.351 e. The zero-order valence-electron chi connectivity index (χ0n) is 15.3. The summed E-state index contributed by atoms with van der Waals surface area (Å²) in [6, 6.07) is 4.36. The van der Waals surface area contributed by atoms with Crippen LogP contribution in [0.3, 0.4) is 0 Å². The molecule has 1 saturated heterocycles. The lowest BCUT2D eigenvalue weighted by Crippen LogP contribution is -2.60. The van der Waals surface area contributed by atoms with Crippen molar-refractivity contribution in [1.82, 2.24) is 15.6 Å². The zero-order chi connectivity index (χ0) is 20.0. The van der Waals surface area contributed by atoms with Gasteiger partial charge in [0.15, 0.2) is 0 Å². The number of rotatable bonds is 2. The molecule has 0 aliphatic carbocycles. The number of alkyl halides is 3. The maximum atomic E-state index is 12.8. The number of carbonyl (C=O) groups excluding carboxylic acids is 2. The summed E-state index contributed by atoms with van der Waals surface area (Å²) in [7, 11) is 0. The van der Waals surface area contributed by atoms with E-state index in [-0.39, 0.29) is 34.6 Å². The first kappa shape index (κ1) is 19.3. The fraction of sp³-hybridized carbons (Fsp3) is 0.474. The largest absolute Gasteiger partial charge is 0.416 e. The first-order valence-corrected chi connectivity index (χ1v) is 8.75. The number of benzene rings is 1. The molecule has 1 aromatic carbocycles. The highest BCUT2D eigenvalue weighted by molar-refractivity contribution is 5.98. The molecule has 0 radical (unpaired) electrons. The Labute approximate surface area is 154 Å². The maximum absolute atomic E-state index is 12.8. The molecule has 3 rings (SSSR count). The summed E-state index contributed by atoms with van der Waals surface area (Å²) < 4.78 is 38.5. The standard InChI is InChI=1S/C19H22F3N3O2/c1-18(2,3)16-12(6-7-15(26)25-16)24-17(27)14-8-10-4-5-11(19(20,21)22)9-13(10)23-14/h4-5,8-9,12,16,23H,6-7H2,1-3H3,(H,24,27)(H,25,26)/t12-,16-/m1/s1. The van der Waals surface area contributed by atoms with Crippen molar-refractivity contribution in [3.8, 4) is 0 Å². The third-order valence-electron chi connectivity index (χ3n) is 4.85. The van der Waals surface area contributed by atoms with E-state index in [2.05, 4.69) is 15.6 Å². The molecule has 3 N–H and O–H groups in total. The molecule has 2 heterocycles. The molecule has 2 atom stereocenters. The van der Waals surface area contributed by atoms with Crippen LogP contribution in [-0.4, -0.2) is 28.9 Å². The van der Waals surface area contributed by atoms with Gasteiger partial charge in [0.2, 0.25) is 5.91 Å². The van der Waals surface area contributed by atoms with Crippen LogP contribution in [0.25, 0.3) is 10.9 Å². The fourth-order valence-corrected chi connectivity index (χ4v) is 3.45. The molecule has 1 aliphatic heterocycles. The first-order valence-electron chi connectivity index (χ1n) is 8.75. The summed E-state index contributed by atoms with van der Waals surface area (Å²) >= 11 is 0. The average molecular weight is 381 g/mol. The SMILES string of the molecule is CC(C)(C)[C@@H]1NC(=O)CC[C@H]1NC(=O)c1cc2ccc(C(F)(F)F)cc2[nH]1. The molecule has 8 heteroatoms. The Balaban J connectivity index is 1.82. The van der Waals surface area contributed by atoms with Crippen LogP contribution in [-0.2, 0) is 11.0 Å². The molecule has 1 aliphatic rings. The van der Waals surface area contributed by atoms with Crippen LogP contribution < -0.4 is 10.6 Å². The van der Waals surface area contributed by atoms with Crippen molar-refractivity contribution in [2.45, 2.75) is 51.9 Å². The molecule has 146 valence electrons. The van der Waals surface area contributed by atoms with E-state index in [0.29, 0.717) is 18.2 Å². The Hall–Kier alpha value is -2.51. The molecule has 27 heavy (non-hydrogen) atoms. The molecule has 2 amide bonds. The number of aromatic nitrogens is 1. The van der Waals surface area contributed by atoms with Crippen LogP contribution in [0.2, 0.25) is 0 Å². The summed E-state index contributed by atoms with van der Waals surface area (Å²) in [5, 5.41) is 6.36. The molecule has 0 bridgehead atoms. The molecule has 2 aromatic rings. The van der Waals surface area contributed by atoms with Gasteiger partial charge in [-0.1, -0.05) is 26.8 Å². The molecular formula is C19H22F3N3O2. The molecular weight excluding hydrogens is 359 g/mol. The highest BCUT2D eigenvalue weighted by Gasteiger charge is 2.38. The molecule has 0 unspecified atom stereocenters. The van der Waals surface area contributed by atoms with Gasteiger partial charge in [0.1, 0.15) is 5.69 Å². The Morgan fingerprint density at radius 2 is 1.89 bits per heavy atom. The third kappa shape index (κ3) is 4.09. The summed E-state index contributed by atoms with van der Waals surface area (Å²) in [5.41, 5.74) is -0.587. The van der Waals surface area contributed by atoms with Crippen LogP contribution in [0.15, 0.2) is 24.3 Å². The normalized spacial score (nSPS) is 21.2. The minimum atomic E-state index is -4.44. The number of aromatic amines is 1. The van der Waals surface area contributed by atoms with Crippen molar-refractivity contribution in [3.05, 3.63) is 35.5 Å². The summed E-state index contributed by atoms with van der Waals surface area (Å²) in [6.45, 7) is 5.93. The van der Waals surface area contributed by atoms with Crippen LogP contribution >= 0.6 is 0 Å². The smallest absolute Gasteiger partial charge is 0.351 e. The van der Waals surface area contributed by atoms with E-state index in [1.165, 1.54) is 12.1 Å². The van der Waals surface area contributed by atoms with Crippen molar-refractivity contribution in [3.63, 3.8) is 0 Å². The highest BCUT2D eigenvalue weighted by Crippen LogP contribution is 2.31. The van der Waals surface area contributed by atoms with E-state index in [4.69, 9.17) is 0 Å². The van der Waals surface area contributed by atoms with E-state index in [1.54, 1.807) is 0 Å².